The van der Waals surface area contributed by atoms with Gasteiger partial charge in [0.1, 0.15) is 5.82 Å². The SMILES string of the molecule is COc1ccc(Nc2nc(C)cc3[nH]ccc23)cc1OCCCN1CCCC1. The van der Waals surface area contributed by atoms with Crippen LogP contribution in [0.15, 0.2) is 36.5 Å². The highest BCUT2D eigenvalue weighted by Gasteiger charge is 2.12. The predicted molar refractivity (Wildman–Crippen MR) is 113 cm³/mol. The summed E-state index contributed by atoms with van der Waals surface area (Å²) in [6.07, 6.45) is 5.59. The number of rotatable bonds is 8. The van der Waals surface area contributed by atoms with Crippen molar-refractivity contribution >= 4 is 22.4 Å². The van der Waals surface area contributed by atoms with Gasteiger partial charge in [0.15, 0.2) is 11.5 Å². The largest absolute Gasteiger partial charge is 0.493 e. The lowest BCUT2D eigenvalue weighted by Gasteiger charge is -2.16. The Bertz CT molecular complexity index is 931. The Labute approximate surface area is 165 Å². The number of fused-ring (bicyclic) bond motifs is 1. The summed E-state index contributed by atoms with van der Waals surface area (Å²) in [7, 11) is 1.67. The number of pyridine rings is 1. The molecule has 2 N–H and O–H groups in total. The molecule has 0 radical (unpaired) electrons. The molecule has 0 spiro atoms. The van der Waals surface area contributed by atoms with Crippen LogP contribution in [0.1, 0.15) is 25.0 Å². The van der Waals surface area contributed by atoms with Gasteiger partial charge in [-0.2, -0.15) is 0 Å². The van der Waals surface area contributed by atoms with Crippen LogP contribution < -0.4 is 14.8 Å². The maximum atomic E-state index is 6.04. The second-order valence-electron chi connectivity index (χ2n) is 7.29. The Morgan fingerprint density at radius 3 is 2.82 bits per heavy atom. The van der Waals surface area contributed by atoms with Gasteiger partial charge in [-0.15, -0.1) is 0 Å². The molecule has 1 fully saturated rings. The fourth-order valence-corrected chi connectivity index (χ4v) is 3.76. The number of aromatic nitrogens is 2. The molecule has 3 aromatic rings. The number of aromatic amines is 1. The smallest absolute Gasteiger partial charge is 0.163 e. The van der Waals surface area contributed by atoms with Crippen molar-refractivity contribution in [2.45, 2.75) is 26.2 Å². The summed E-state index contributed by atoms with van der Waals surface area (Å²) >= 11 is 0. The predicted octanol–water partition coefficient (Wildman–Crippen LogP) is 4.49. The average Bonchev–Trinajstić information content (AvgIpc) is 3.37. The van der Waals surface area contributed by atoms with Gasteiger partial charge in [0.05, 0.1) is 19.2 Å². The van der Waals surface area contributed by atoms with E-state index in [-0.39, 0.29) is 0 Å². The van der Waals surface area contributed by atoms with E-state index in [2.05, 4.69) is 20.2 Å². The molecule has 28 heavy (non-hydrogen) atoms. The van der Waals surface area contributed by atoms with Gasteiger partial charge in [-0.3, -0.25) is 0 Å². The van der Waals surface area contributed by atoms with Crippen molar-refractivity contribution in [3.8, 4) is 11.5 Å². The first-order valence-electron chi connectivity index (χ1n) is 9.98. The van der Waals surface area contributed by atoms with Crippen LogP contribution in [0.4, 0.5) is 11.5 Å². The number of benzene rings is 1. The van der Waals surface area contributed by atoms with E-state index in [1.807, 2.05) is 43.5 Å². The number of hydrogen-bond acceptors (Lipinski definition) is 5. The molecule has 4 rings (SSSR count). The lowest BCUT2D eigenvalue weighted by Crippen LogP contribution is -2.21. The number of likely N-dealkylation sites (tertiary alicyclic amines) is 1. The molecule has 1 aliphatic heterocycles. The van der Waals surface area contributed by atoms with E-state index < -0.39 is 0 Å². The van der Waals surface area contributed by atoms with Crippen molar-refractivity contribution in [2.75, 3.05) is 38.7 Å². The third-order valence-corrected chi connectivity index (χ3v) is 5.18. The quantitative estimate of drug-likeness (QED) is 0.564. The number of H-pyrrole nitrogens is 1. The molecule has 0 aliphatic carbocycles. The minimum Gasteiger partial charge on any atom is -0.493 e. The van der Waals surface area contributed by atoms with Crippen LogP contribution in [0.25, 0.3) is 10.9 Å². The molecule has 0 atom stereocenters. The van der Waals surface area contributed by atoms with E-state index >= 15 is 0 Å². The molecule has 6 heteroatoms. The Morgan fingerprint density at radius 2 is 2.00 bits per heavy atom. The summed E-state index contributed by atoms with van der Waals surface area (Å²) in [6.45, 7) is 6.22. The van der Waals surface area contributed by atoms with Crippen molar-refractivity contribution < 1.29 is 9.47 Å². The molecular weight excluding hydrogens is 352 g/mol. The van der Waals surface area contributed by atoms with Crippen LogP contribution in [-0.2, 0) is 0 Å². The fraction of sp³-hybridized carbons (Fsp3) is 0.409. The van der Waals surface area contributed by atoms with E-state index in [9.17, 15) is 0 Å². The zero-order valence-corrected chi connectivity index (χ0v) is 16.6. The van der Waals surface area contributed by atoms with Gasteiger partial charge in [0.2, 0.25) is 0 Å². The molecule has 3 heterocycles. The molecule has 0 bridgehead atoms. The first-order valence-corrected chi connectivity index (χ1v) is 9.98. The van der Waals surface area contributed by atoms with Crippen LogP contribution >= 0.6 is 0 Å². The van der Waals surface area contributed by atoms with Gasteiger partial charge < -0.3 is 24.7 Å². The lowest BCUT2D eigenvalue weighted by molar-refractivity contribution is 0.254. The summed E-state index contributed by atoms with van der Waals surface area (Å²) in [5.41, 5.74) is 2.96. The van der Waals surface area contributed by atoms with Gasteiger partial charge in [0, 0.05) is 35.6 Å². The van der Waals surface area contributed by atoms with Crippen LogP contribution in [0.5, 0.6) is 11.5 Å². The standard InChI is InChI=1S/C22H28N4O2/c1-16-14-19-18(8-9-23-19)22(24-16)25-17-6-7-20(27-2)21(15-17)28-13-5-12-26-10-3-4-11-26/h6-9,14-15,23H,3-5,10-13H2,1-2H3,(H,24,25). The van der Waals surface area contributed by atoms with Crippen LogP contribution in [-0.4, -0.2) is 48.2 Å². The Hall–Kier alpha value is -2.73. The van der Waals surface area contributed by atoms with Crippen molar-refractivity contribution in [2.24, 2.45) is 0 Å². The highest BCUT2D eigenvalue weighted by atomic mass is 16.5. The Kier molecular flexibility index (Phi) is 5.67. The number of anilines is 2. The normalized spacial score (nSPS) is 14.5. The van der Waals surface area contributed by atoms with E-state index in [0.717, 1.165) is 52.6 Å². The second-order valence-corrected chi connectivity index (χ2v) is 7.29. The summed E-state index contributed by atoms with van der Waals surface area (Å²) in [5.74, 6) is 2.34. The topological polar surface area (TPSA) is 62.4 Å². The minimum atomic E-state index is 0.682. The van der Waals surface area contributed by atoms with E-state index in [1.165, 1.54) is 25.9 Å². The van der Waals surface area contributed by atoms with Gasteiger partial charge >= 0.3 is 0 Å². The molecule has 1 aromatic carbocycles. The van der Waals surface area contributed by atoms with E-state index in [1.54, 1.807) is 7.11 Å². The van der Waals surface area contributed by atoms with Gasteiger partial charge in [-0.05, 0) is 63.5 Å². The number of ether oxygens (including phenoxy) is 2. The third kappa shape index (κ3) is 4.22. The molecule has 0 unspecified atom stereocenters. The van der Waals surface area contributed by atoms with Crippen LogP contribution in [0.2, 0.25) is 0 Å². The number of aryl methyl sites for hydroxylation is 1. The molecule has 2 aromatic heterocycles. The molecular formula is C22H28N4O2. The summed E-state index contributed by atoms with van der Waals surface area (Å²) in [6, 6.07) is 9.98. The molecule has 1 saturated heterocycles. The Balaban J connectivity index is 1.45. The van der Waals surface area contributed by atoms with Crippen LogP contribution in [0, 0.1) is 6.92 Å². The second kappa shape index (κ2) is 8.52. The zero-order valence-electron chi connectivity index (χ0n) is 16.6. The lowest BCUT2D eigenvalue weighted by atomic mass is 10.2. The van der Waals surface area contributed by atoms with Gasteiger partial charge in [0.25, 0.3) is 0 Å². The average molecular weight is 380 g/mol. The molecule has 0 saturated carbocycles. The maximum absolute atomic E-state index is 6.04. The molecule has 1 aliphatic rings. The first kappa shape index (κ1) is 18.6. The number of hydrogen-bond donors (Lipinski definition) is 2. The van der Waals surface area contributed by atoms with Gasteiger partial charge in [-0.1, -0.05) is 0 Å². The van der Waals surface area contributed by atoms with Crippen molar-refractivity contribution in [1.29, 1.82) is 0 Å². The number of methoxy groups -OCH3 is 1. The number of nitrogens with zero attached hydrogens (tertiary/aromatic N) is 2. The van der Waals surface area contributed by atoms with Gasteiger partial charge in [-0.25, -0.2) is 4.98 Å². The summed E-state index contributed by atoms with van der Waals surface area (Å²) in [4.78, 5) is 10.4. The zero-order chi connectivity index (χ0) is 19.3. The summed E-state index contributed by atoms with van der Waals surface area (Å²) in [5, 5.41) is 4.49. The molecule has 148 valence electrons. The Morgan fingerprint density at radius 1 is 1.14 bits per heavy atom. The summed E-state index contributed by atoms with van der Waals surface area (Å²) < 4.78 is 11.5. The van der Waals surface area contributed by atoms with Crippen molar-refractivity contribution in [1.82, 2.24) is 14.9 Å². The minimum absolute atomic E-state index is 0.682. The fourth-order valence-electron chi connectivity index (χ4n) is 3.76. The maximum Gasteiger partial charge on any atom is 0.163 e. The third-order valence-electron chi connectivity index (χ3n) is 5.18. The van der Waals surface area contributed by atoms with Crippen LogP contribution in [0.3, 0.4) is 0 Å². The van der Waals surface area contributed by atoms with E-state index in [4.69, 9.17) is 9.47 Å². The molecule has 0 amide bonds. The monoisotopic (exact) mass is 380 g/mol. The highest BCUT2D eigenvalue weighted by Crippen LogP contribution is 2.33. The van der Waals surface area contributed by atoms with E-state index in [0.29, 0.717) is 6.61 Å². The highest BCUT2D eigenvalue weighted by molar-refractivity contribution is 5.91. The molecule has 6 nitrogen and oxygen atoms in total. The van der Waals surface area contributed by atoms with Crippen molar-refractivity contribution in [3.63, 3.8) is 0 Å². The number of nitrogens with one attached hydrogen (secondary N) is 2. The first-order chi connectivity index (χ1) is 13.7. The van der Waals surface area contributed by atoms with Crippen molar-refractivity contribution in [3.05, 3.63) is 42.2 Å².